The smallest absolute Gasteiger partial charge is 0.0495 e. The first kappa shape index (κ1) is 14.7. The van der Waals surface area contributed by atoms with Gasteiger partial charge in [0.25, 0.3) is 0 Å². The highest BCUT2D eigenvalue weighted by atomic mass is 32.2. The van der Waals surface area contributed by atoms with Gasteiger partial charge in [0.05, 0.1) is 0 Å². The Morgan fingerprint density at radius 1 is 1.05 bits per heavy atom. The summed E-state index contributed by atoms with van der Waals surface area (Å²) in [4.78, 5) is 1.35. The lowest BCUT2D eigenvalue weighted by Crippen LogP contribution is -2.23. The Hall–Kier alpha value is -1.25. The summed E-state index contributed by atoms with van der Waals surface area (Å²) in [5.41, 5.74) is 12.0. The molecule has 2 N–H and O–H groups in total. The van der Waals surface area contributed by atoms with Crippen molar-refractivity contribution in [3.63, 3.8) is 0 Å². The number of rotatable bonds is 4. The number of thioether (sulfide) groups is 1. The predicted octanol–water partition coefficient (Wildman–Crippen LogP) is 4.66. The van der Waals surface area contributed by atoms with Crippen LogP contribution in [0.1, 0.15) is 40.8 Å². The van der Waals surface area contributed by atoms with Crippen molar-refractivity contribution in [2.75, 3.05) is 0 Å². The number of hydrogen-bond acceptors (Lipinski definition) is 2. The van der Waals surface area contributed by atoms with Crippen molar-refractivity contribution in [3.8, 4) is 0 Å². The first-order chi connectivity index (χ1) is 10.1. The maximum absolute atomic E-state index is 6.28. The van der Waals surface area contributed by atoms with Gasteiger partial charge in [-0.15, -0.1) is 11.8 Å². The molecule has 0 bridgehead atoms. The molecule has 2 aromatic carbocycles. The van der Waals surface area contributed by atoms with Crippen LogP contribution in [0.25, 0.3) is 0 Å². The predicted molar refractivity (Wildman–Crippen MR) is 91.9 cm³/mol. The van der Waals surface area contributed by atoms with Crippen LogP contribution in [-0.2, 0) is 12.8 Å². The van der Waals surface area contributed by atoms with Crippen LogP contribution in [0.4, 0.5) is 0 Å². The van der Waals surface area contributed by atoms with Gasteiger partial charge in [-0.1, -0.05) is 30.3 Å². The third kappa shape index (κ3) is 3.17. The van der Waals surface area contributed by atoms with Crippen molar-refractivity contribution in [1.82, 2.24) is 0 Å². The molecule has 1 aliphatic rings. The van der Waals surface area contributed by atoms with E-state index in [2.05, 4.69) is 56.3 Å². The normalized spacial score (nSPS) is 16.5. The molecule has 0 saturated carbocycles. The summed E-state index contributed by atoms with van der Waals surface area (Å²) >= 11 is 1.91. The summed E-state index contributed by atoms with van der Waals surface area (Å²) in [5, 5.41) is 0.311. The molecule has 110 valence electrons. The molecule has 1 nitrogen and oxygen atoms in total. The first-order valence-electron chi connectivity index (χ1n) is 7.75. The van der Waals surface area contributed by atoms with Crippen molar-refractivity contribution in [2.45, 2.75) is 49.3 Å². The van der Waals surface area contributed by atoms with E-state index in [4.69, 9.17) is 5.73 Å². The molecule has 2 heteroatoms. The fraction of sp³-hybridized carbons (Fsp3) is 0.368. The van der Waals surface area contributed by atoms with E-state index in [0.717, 1.165) is 0 Å². The molecule has 21 heavy (non-hydrogen) atoms. The highest BCUT2D eigenvalue weighted by Gasteiger charge is 2.20. The van der Waals surface area contributed by atoms with Crippen molar-refractivity contribution in [3.05, 3.63) is 64.7 Å². The zero-order chi connectivity index (χ0) is 14.8. The van der Waals surface area contributed by atoms with Gasteiger partial charge in [-0.05, 0) is 67.5 Å². The second-order valence-corrected chi connectivity index (χ2v) is 7.25. The van der Waals surface area contributed by atoms with Gasteiger partial charge in [-0.2, -0.15) is 0 Å². The lowest BCUT2D eigenvalue weighted by Gasteiger charge is -2.23. The molecule has 3 rings (SSSR count). The molecule has 0 aromatic heterocycles. The van der Waals surface area contributed by atoms with Gasteiger partial charge < -0.3 is 5.73 Å². The molecule has 0 aliphatic heterocycles. The van der Waals surface area contributed by atoms with Crippen LogP contribution in [0, 0.1) is 6.92 Å². The number of fused-ring (bicyclic) bond motifs is 1. The molecule has 2 aromatic rings. The Morgan fingerprint density at radius 2 is 1.81 bits per heavy atom. The van der Waals surface area contributed by atoms with Crippen LogP contribution in [0.15, 0.2) is 47.4 Å². The topological polar surface area (TPSA) is 26.0 Å². The lowest BCUT2D eigenvalue weighted by atomic mass is 10.0. The van der Waals surface area contributed by atoms with E-state index in [1.807, 2.05) is 11.8 Å². The van der Waals surface area contributed by atoms with Gasteiger partial charge in [-0.25, -0.2) is 0 Å². The van der Waals surface area contributed by atoms with Crippen molar-refractivity contribution in [1.29, 1.82) is 0 Å². The fourth-order valence-corrected chi connectivity index (χ4v) is 4.38. The maximum atomic E-state index is 6.28. The zero-order valence-corrected chi connectivity index (χ0v) is 13.6. The minimum absolute atomic E-state index is 0.129. The molecule has 0 spiro atoms. The second-order valence-electron chi connectivity index (χ2n) is 6.04. The van der Waals surface area contributed by atoms with E-state index in [1.165, 1.54) is 46.4 Å². The summed E-state index contributed by atoms with van der Waals surface area (Å²) in [6.07, 6.45) is 3.78. The van der Waals surface area contributed by atoms with Gasteiger partial charge >= 0.3 is 0 Å². The van der Waals surface area contributed by atoms with Gasteiger partial charge in [0.2, 0.25) is 0 Å². The van der Waals surface area contributed by atoms with Crippen LogP contribution in [0.3, 0.4) is 0 Å². The van der Waals surface area contributed by atoms with Crippen LogP contribution in [0.2, 0.25) is 0 Å². The van der Waals surface area contributed by atoms with Gasteiger partial charge in [-0.3, -0.25) is 0 Å². The van der Waals surface area contributed by atoms with Crippen LogP contribution < -0.4 is 5.73 Å². The van der Waals surface area contributed by atoms with Crippen molar-refractivity contribution >= 4 is 11.8 Å². The zero-order valence-electron chi connectivity index (χ0n) is 12.8. The van der Waals surface area contributed by atoms with E-state index in [1.54, 1.807) is 0 Å². The SMILES string of the molecule is Cc1ccccc1C(Sc1ccc2c(c1)CCC2)C(C)N. The number of nitrogens with two attached hydrogens (primary N) is 1. The molecule has 2 unspecified atom stereocenters. The highest BCUT2D eigenvalue weighted by Crippen LogP contribution is 2.39. The monoisotopic (exact) mass is 297 g/mol. The Kier molecular flexibility index (Phi) is 4.37. The average molecular weight is 297 g/mol. The number of hydrogen-bond donors (Lipinski definition) is 1. The van der Waals surface area contributed by atoms with Crippen LogP contribution in [0.5, 0.6) is 0 Å². The lowest BCUT2D eigenvalue weighted by molar-refractivity contribution is 0.718. The molecular weight excluding hydrogens is 274 g/mol. The van der Waals surface area contributed by atoms with Gasteiger partial charge in [0, 0.05) is 16.2 Å². The van der Waals surface area contributed by atoms with E-state index >= 15 is 0 Å². The Balaban J connectivity index is 1.88. The largest absolute Gasteiger partial charge is 0.327 e. The number of benzene rings is 2. The van der Waals surface area contributed by atoms with Gasteiger partial charge in [0.1, 0.15) is 0 Å². The molecular formula is C19H23NS. The quantitative estimate of drug-likeness (QED) is 0.830. The number of aryl methyl sites for hydroxylation is 3. The Morgan fingerprint density at radius 3 is 2.57 bits per heavy atom. The van der Waals surface area contributed by atoms with Crippen LogP contribution in [-0.4, -0.2) is 6.04 Å². The molecule has 1 aliphatic carbocycles. The van der Waals surface area contributed by atoms with E-state index in [9.17, 15) is 0 Å². The summed E-state index contributed by atoms with van der Waals surface area (Å²) < 4.78 is 0. The summed E-state index contributed by atoms with van der Waals surface area (Å²) in [5.74, 6) is 0. The summed E-state index contributed by atoms with van der Waals surface area (Å²) in [6, 6.07) is 15.7. The van der Waals surface area contributed by atoms with Crippen molar-refractivity contribution in [2.24, 2.45) is 5.73 Å². The molecule has 0 fully saturated rings. The van der Waals surface area contributed by atoms with Crippen molar-refractivity contribution < 1.29 is 0 Å². The van der Waals surface area contributed by atoms with Crippen LogP contribution >= 0.6 is 11.8 Å². The molecule has 0 saturated heterocycles. The summed E-state index contributed by atoms with van der Waals surface area (Å²) in [6.45, 7) is 4.28. The molecule has 2 atom stereocenters. The second kappa shape index (κ2) is 6.25. The third-order valence-electron chi connectivity index (χ3n) is 4.31. The first-order valence-corrected chi connectivity index (χ1v) is 8.62. The Labute approximate surface area is 132 Å². The van der Waals surface area contributed by atoms with Gasteiger partial charge in [0.15, 0.2) is 0 Å². The minimum Gasteiger partial charge on any atom is -0.327 e. The maximum Gasteiger partial charge on any atom is 0.0495 e. The van der Waals surface area contributed by atoms with E-state index in [0.29, 0.717) is 5.25 Å². The molecule has 0 radical (unpaired) electrons. The van der Waals surface area contributed by atoms with E-state index in [-0.39, 0.29) is 6.04 Å². The summed E-state index contributed by atoms with van der Waals surface area (Å²) in [7, 11) is 0. The van der Waals surface area contributed by atoms with E-state index < -0.39 is 0 Å². The molecule has 0 heterocycles. The fourth-order valence-electron chi connectivity index (χ4n) is 3.13. The minimum atomic E-state index is 0.129. The Bertz CT molecular complexity index is 633. The highest BCUT2D eigenvalue weighted by molar-refractivity contribution is 7.99. The molecule has 0 amide bonds. The standard InChI is InChI=1S/C19H23NS/c1-13-6-3-4-9-18(13)19(14(2)20)21-17-11-10-15-7-5-8-16(15)12-17/h3-4,6,9-12,14,19H,5,7-8,20H2,1-2H3. The average Bonchev–Trinajstić information content (AvgIpc) is 2.93. The third-order valence-corrected chi connectivity index (χ3v) is 5.77.